The van der Waals surface area contributed by atoms with Crippen LogP contribution in [0.25, 0.3) is 0 Å². The van der Waals surface area contributed by atoms with Crippen LogP contribution < -0.4 is 15.0 Å². The minimum Gasteiger partial charge on any atom is -0.493 e. The third kappa shape index (κ3) is 2.85. The Kier molecular flexibility index (Phi) is 5.26. The molecule has 0 unspecified atom stereocenters. The van der Waals surface area contributed by atoms with Crippen molar-refractivity contribution in [3.63, 3.8) is 0 Å². The van der Waals surface area contributed by atoms with Gasteiger partial charge >= 0.3 is 0 Å². The Morgan fingerprint density at radius 3 is 2.00 bits per heavy atom. The molecule has 0 fully saturated rings. The Balaban J connectivity index is 0.00000180. The van der Waals surface area contributed by atoms with Gasteiger partial charge in [-0.2, -0.15) is 0 Å². The number of methoxy groups -OCH3 is 2. The molecule has 0 spiro atoms. The van der Waals surface area contributed by atoms with E-state index in [0.29, 0.717) is 24.3 Å². The lowest BCUT2D eigenvalue weighted by Crippen LogP contribution is -2.28. The van der Waals surface area contributed by atoms with Crippen molar-refractivity contribution in [3.8, 4) is 11.5 Å². The summed E-state index contributed by atoms with van der Waals surface area (Å²) in [6.45, 7) is 0. The number of oxime groups is 1. The quantitative estimate of drug-likeness (QED) is 0.341. The Morgan fingerprint density at radius 2 is 1.68 bits per heavy atom. The number of hydrogen-bond acceptors (Lipinski definition) is 5. The van der Waals surface area contributed by atoms with E-state index in [1.807, 2.05) is 17.6 Å². The van der Waals surface area contributed by atoms with Gasteiger partial charge in [-0.25, -0.2) is 0 Å². The summed E-state index contributed by atoms with van der Waals surface area (Å²) in [6, 6.07) is 3.83. The Bertz CT molecular complexity index is 446. The van der Waals surface area contributed by atoms with Gasteiger partial charge in [0.05, 0.1) is 14.2 Å². The zero-order chi connectivity index (χ0) is 13.1. The summed E-state index contributed by atoms with van der Waals surface area (Å²) < 4.78 is 10.5. The van der Waals surface area contributed by atoms with E-state index in [-0.39, 0.29) is 24.2 Å². The van der Waals surface area contributed by atoms with E-state index in [0.717, 1.165) is 11.1 Å². The van der Waals surface area contributed by atoms with Crippen LogP contribution >= 0.6 is 12.4 Å². The topological polar surface area (TPSA) is 83.3 Å². The van der Waals surface area contributed by atoms with Crippen molar-refractivity contribution >= 4 is 18.2 Å². The predicted molar refractivity (Wildman–Crippen MR) is 71.8 cm³/mol. The molecule has 0 heterocycles. The standard InChI is InChI=1S/C12H16N2O4.ClH/c1-17-10-5-7-3-9(12(13-15)14-16)4-8(7)6-11(10)18-2;/h5-6,9,15-16H,3-4H2,1-2H3,(H,13,14);1H. The normalized spacial score (nSPS) is 14.6. The van der Waals surface area contributed by atoms with Gasteiger partial charge in [-0.3, -0.25) is 10.7 Å². The number of rotatable bonds is 3. The van der Waals surface area contributed by atoms with Gasteiger partial charge < -0.3 is 14.7 Å². The van der Waals surface area contributed by atoms with Crippen molar-refractivity contribution < 1.29 is 19.9 Å². The lowest BCUT2D eigenvalue weighted by Gasteiger charge is -2.09. The minimum atomic E-state index is -0.0631. The number of hydroxylamine groups is 1. The van der Waals surface area contributed by atoms with Crippen LogP contribution in [0.2, 0.25) is 0 Å². The van der Waals surface area contributed by atoms with Crippen molar-refractivity contribution in [1.29, 1.82) is 0 Å². The first-order valence-electron chi connectivity index (χ1n) is 5.59. The highest BCUT2D eigenvalue weighted by Crippen LogP contribution is 2.36. The van der Waals surface area contributed by atoms with E-state index in [1.54, 1.807) is 14.2 Å². The number of amidine groups is 1. The average Bonchev–Trinajstić information content (AvgIpc) is 2.80. The number of halogens is 1. The maximum absolute atomic E-state index is 8.88. The summed E-state index contributed by atoms with van der Waals surface area (Å²) in [7, 11) is 3.18. The molecule has 0 radical (unpaired) electrons. The van der Waals surface area contributed by atoms with Gasteiger partial charge in [0, 0.05) is 5.92 Å². The molecule has 3 N–H and O–H groups in total. The summed E-state index contributed by atoms with van der Waals surface area (Å²) in [5.74, 6) is 1.46. The van der Waals surface area contributed by atoms with Gasteiger partial charge in [-0.1, -0.05) is 5.16 Å². The Morgan fingerprint density at radius 1 is 1.21 bits per heavy atom. The first-order chi connectivity index (χ1) is 8.73. The number of fused-ring (bicyclic) bond motifs is 1. The number of hydrogen-bond donors (Lipinski definition) is 3. The maximum Gasteiger partial charge on any atom is 0.168 e. The molecule has 0 bridgehead atoms. The highest BCUT2D eigenvalue weighted by molar-refractivity contribution is 5.85. The molecule has 1 aromatic carbocycles. The van der Waals surface area contributed by atoms with Gasteiger partial charge in [0.15, 0.2) is 17.3 Å². The zero-order valence-corrected chi connectivity index (χ0v) is 11.5. The van der Waals surface area contributed by atoms with Gasteiger partial charge in [0.1, 0.15) is 0 Å². The second kappa shape index (κ2) is 6.49. The fraction of sp³-hybridized carbons (Fsp3) is 0.417. The molecule has 2 rings (SSSR count). The van der Waals surface area contributed by atoms with Gasteiger partial charge in [0.25, 0.3) is 0 Å². The van der Waals surface area contributed by atoms with Gasteiger partial charge in [0.2, 0.25) is 0 Å². The molecule has 1 aliphatic carbocycles. The van der Waals surface area contributed by atoms with Crippen molar-refractivity contribution in [2.45, 2.75) is 12.8 Å². The van der Waals surface area contributed by atoms with Crippen molar-refractivity contribution in [3.05, 3.63) is 23.3 Å². The van der Waals surface area contributed by atoms with Crippen LogP contribution in [0.3, 0.4) is 0 Å². The SMILES string of the molecule is COc1cc2c(cc1OC)CC(C(=NO)NO)C2.Cl. The lowest BCUT2D eigenvalue weighted by atomic mass is 10.1. The smallest absolute Gasteiger partial charge is 0.168 e. The van der Waals surface area contributed by atoms with E-state index in [4.69, 9.17) is 19.9 Å². The fourth-order valence-corrected chi connectivity index (χ4v) is 2.33. The third-order valence-electron chi connectivity index (χ3n) is 3.25. The van der Waals surface area contributed by atoms with Crippen LogP contribution in [-0.2, 0) is 12.8 Å². The molecule has 0 atom stereocenters. The second-order valence-electron chi connectivity index (χ2n) is 4.18. The summed E-state index contributed by atoms with van der Waals surface area (Å²) in [5, 5.41) is 20.7. The first-order valence-corrected chi connectivity index (χ1v) is 5.59. The first kappa shape index (κ1) is 15.4. The highest BCUT2D eigenvalue weighted by atomic mass is 35.5. The molecule has 0 amide bonds. The second-order valence-corrected chi connectivity index (χ2v) is 4.18. The van der Waals surface area contributed by atoms with Crippen molar-refractivity contribution in [1.82, 2.24) is 5.48 Å². The van der Waals surface area contributed by atoms with Crippen molar-refractivity contribution in [2.75, 3.05) is 14.2 Å². The number of nitrogens with one attached hydrogen (secondary N) is 1. The van der Waals surface area contributed by atoms with Crippen molar-refractivity contribution in [2.24, 2.45) is 11.1 Å². The highest BCUT2D eigenvalue weighted by Gasteiger charge is 2.28. The number of ether oxygens (including phenoxy) is 2. The summed E-state index contributed by atoms with van der Waals surface area (Å²) in [6.07, 6.45) is 1.37. The maximum atomic E-state index is 8.88. The molecule has 1 aromatic rings. The van der Waals surface area contributed by atoms with Gasteiger partial charge in [-0.05, 0) is 36.1 Å². The number of nitrogens with zero attached hydrogens (tertiary/aromatic N) is 1. The Hall–Kier alpha value is -1.66. The van der Waals surface area contributed by atoms with Crippen LogP contribution in [0.1, 0.15) is 11.1 Å². The zero-order valence-electron chi connectivity index (χ0n) is 10.7. The van der Waals surface area contributed by atoms with E-state index >= 15 is 0 Å². The third-order valence-corrected chi connectivity index (χ3v) is 3.25. The van der Waals surface area contributed by atoms with Crippen LogP contribution in [0, 0.1) is 5.92 Å². The lowest BCUT2D eigenvalue weighted by molar-refractivity contribution is 0.214. The predicted octanol–water partition coefficient (Wildman–Crippen LogP) is 1.61. The molecule has 7 heteroatoms. The van der Waals surface area contributed by atoms with E-state index < -0.39 is 0 Å². The molecule has 1 aliphatic rings. The van der Waals surface area contributed by atoms with E-state index in [2.05, 4.69) is 5.16 Å². The molecule has 6 nitrogen and oxygen atoms in total. The van der Waals surface area contributed by atoms with Crippen LogP contribution in [-0.4, -0.2) is 30.5 Å². The molecule has 19 heavy (non-hydrogen) atoms. The largest absolute Gasteiger partial charge is 0.493 e. The summed E-state index contributed by atoms with van der Waals surface area (Å²) in [5.41, 5.74) is 4.13. The molecule has 0 saturated heterocycles. The summed E-state index contributed by atoms with van der Waals surface area (Å²) >= 11 is 0. The van der Waals surface area contributed by atoms with E-state index in [9.17, 15) is 0 Å². The monoisotopic (exact) mass is 288 g/mol. The Labute approximate surface area is 117 Å². The molecular formula is C12H17ClN2O4. The molecular weight excluding hydrogens is 272 g/mol. The number of benzene rings is 1. The fourth-order valence-electron chi connectivity index (χ4n) is 2.33. The molecule has 0 saturated carbocycles. The molecule has 0 aromatic heterocycles. The van der Waals surface area contributed by atoms with Crippen LogP contribution in [0.4, 0.5) is 0 Å². The average molecular weight is 289 g/mol. The van der Waals surface area contributed by atoms with Gasteiger partial charge in [-0.15, -0.1) is 12.4 Å². The minimum absolute atomic E-state index is 0. The van der Waals surface area contributed by atoms with Crippen LogP contribution in [0.15, 0.2) is 17.3 Å². The molecule has 106 valence electrons. The van der Waals surface area contributed by atoms with Crippen LogP contribution in [0.5, 0.6) is 11.5 Å². The van der Waals surface area contributed by atoms with E-state index in [1.165, 1.54) is 0 Å². The summed E-state index contributed by atoms with van der Waals surface area (Å²) in [4.78, 5) is 0. The molecule has 0 aliphatic heterocycles.